The van der Waals surface area contributed by atoms with Crippen molar-refractivity contribution in [3.8, 4) is 17.2 Å². The first-order valence-electron chi connectivity index (χ1n) is 10.4. The fraction of sp³-hybridized carbons (Fsp3) is 0.435. The largest absolute Gasteiger partial charge is 0.494 e. The van der Waals surface area contributed by atoms with Gasteiger partial charge in [-0.05, 0) is 62.7 Å². The van der Waals surface area contributed by atoms with E-state index in [9.17, 15) is 4.79 Å². The summed E-state index contributed by atoms with van der Waals surface area (Å²) in [6.07, 6.45) is 0.924. The maximum Gasteiger partial charge on any atom is 0.279 e. The second-order valence-corrected chi connectivity index (χ2v) is 7.04. The molecule has 1 heterocycles. The quantitative estimate of drug-likeness (QED) is 0.680. The van der Waals surface area contributed by atoms with Crippen LogP contribution in [0.4, 0.5) is 5.69 Å². The van der Waals surface area contributed by atoms with Crippen LogP contribution in [0.5, 0.6) is 17.2 Å². The smallest absolute Gasteiger partial charge is 0.279 e. The third-order valence-corrected chi connectivity index (χ3v) is 4.91. The fourth-order valence-electron chi connectivity index (χ4n) is 3.63. The van der Waals surface area contributed by atoms with Gasteiger partial charge in [0.2, 0.25) is 0 Å². The van der Waals surface area contributed by atoms with Gasteiger partial charge in [0.1, 0.15) is 12.3 Å². The van der Waals surface area contributed by atoms with Crippen LogP contribution in [0.25, 0.3) is 0 Å². The van der Waals surface area contributed by atoms with Crippen LogP contribution in [0.15, 0.2) is 36.4 Å². The maximum absolute atomic E-state index is 12.5. The van der Waals surface area contributed by atoms with Gasteiger partial charge >= 0.3 is 0 Å². The van der Waals surface area contributed by atoms with Crippen molar-refractivity contribution in [3.05, 3.63) is 47.5 Å². The number of benzene rings is 2. The van der Waals surface area contributed by atoms with Crippen LogP contribution in [-0.2, 0) is 17.8 Å². The molecular weight excluding hydrogens is 368 g/mol. The van der Waals surface area contributed by atoms with Gasteiger partial charge in [-0.15, -0.1) is 0 Å². The van der Waals surface area contributed by atoms with E-state index in [0.29, 0.717) is 26.4 Å². The normalized spacial score (nSPS) is 15.3. The minimum atomic E-state index is 0.0172. The lowest BCUT2D eigenvalue weighted by molar-refractivity contribution is -0.907. The number of carbonyl (C=O) groups is 1. The van der Waals surface area contributed by atoms with Crippen LogP contribution in [0.2, 0.25) is 0 Å². The van der Waals surface area contributed by atoms with Crippen molar-refractivity contribution in [2.24, 2.45) is 0 Å². The molecule has 1 aliphatic heterocycles. The molecule has 6 nitrogen and oxygen atoms in total. The summed E-state index contributed by atoms with van der Waals surface area (Å²) in [5.74, 6) is 2.42. The highest BCUT2D eigenvalue weighted by molar-refractivity contribution is 5.91. The molecule has 156 valence electrons. The van der Waals surface area contributed by atoms with Gasteiger partial charge in [-0.2, -0.15) is 0 Å². The maximum atomic E-state index is 12.5. The Hall–Kier alpha value is -2.73. The van der Waals surface area contributed by atoms with Crippen molar-refractivity contribution >= 4 is 11.6 Å². The van der Waals surface area contributed by atoms with Crippen LogP contribution in [-0.4, -0.2) is 38.8 Å². The monoisotopic (exact) mass is 399 g/mol. The van der Waals surface area contributed by atoms with Gasteiger partial charge in [0.05, 0.1) is 26.4 Å². The molecule has 0 saturated heterocycles. The van der Waals surface area contributed by atoms with Gasteiger partial charge in [-0.1, -0.05) is 0 Å². The first-order chi connectivity index (χ1) is 14.1. The van der Waals surface area contributed by atoms with Crippen LogP contribution in [0.1, 0.15) is 31.9 Å². The molecule has 2 aromatic carbocycles. The Balaban J connectivity index is 1.61. The highest BCUT2D eigenvalue weighted by Crippen LogP contribution is 2.32. The number of anilines is 1. The zero-order valence-electron chi connectivity index (χ0n) is 17.5. The molecule has 0 aliphatic carbocycles. The number of hydrogen-bond acceptors (Lipinski definition) is 4. The number of fused-ring (bicyclic) bond motifs is 1. The molecule has 0 spiro atoms. The third-order valence-electron chi connectivity index (χ3n) is 4.91. The number of ether oxygens (including phenoxy) is 3. The van der Waals surface area contributed by atoms with E-state index in [-0.39, 0.29) is 5.91 Å². The highest BCUT2D eigenvalue weighted by Gasteiger charge is 2.24. The Kier molecular flexibility index (Phi) is 7.36. The van der Waals surface area contributed by atoms with E-state index in [1.54, 1.807) is 0 Å². The van der Waals surface area contributed by atoms with Gasteiger partial charge in [-0.25, -0.2) is 0 Å². The van der Waals surface area contributed by atoms with Crippen LogP contribution >= 0.6 is 0 Å². The molecule has 1 unspecified atom stereocenters. The fourth-order valence-corrected chi connectivity index (χ4v) is 3.63. The van der Waals surface area contributed by atoms with Gasteiger partial charge in [-0.3, -0.25) is 4.79 Å². The average molecular weight is 400 g/mol. The van der Waals surface area contributed by atoms with E-state index in [2.05, 4.69) is 17.4 Å². The summed E-state index contributed by atoms with van der Waals surface area (Å²) in [5, 5.41) is 2.98. The molecule has 0 fully saturated rings. The molecule has 0 bridgehead atoms. The van der Waals surface area contributed by atoms with Gasteiger partial charge < -0.3 is 24.4 Å². The Morgan fingerprint density at radius 1 is 0.931 bits per heavy atom. The molecule has 0 radical (unpaired) electrons. The summed E-state index contributed by atoms with van der Waals surface area (Å²) in [4.78, 5) is 13.7. The lowest BCUT2D eigenvalue weighted by Gasteiger charge is -2.26. The van der Waals surface area contributed by atoms with Gasteiger partial charge in [0.25, 0.3) is 5.91 Å². The second-order valence-electron chi connectivity index (χ2n) is 7.04. The predicted octanol–water partition coefficient (Wildman–Crippen LogP) is 2.46. The van der Waals surface area contributed by atoms with Crippen molar-refractivity contribution in [3.63, 3.8) is 0 Å². The number of nitrogens with one attached hydrogen (secondary N) is 2. The number of rotatable bonds is 9. The van der Waals surface area contributed by atoms with E-state index < -0.39 is 0 Å². The molecule has 3 rings (SSSR count). The van der Waals surface area contributed by atoms with Gasteiger partial charge in [0, 0.05) is 17.7 Å². The number of carbonyl (C=O) groups excluding carboxylic acids is 1. The van der Waals surface area contributed by atoms with E-state index in [1.807, 2.05) is 45.0 Å². The molecule has 1 atom stereocenters. The molecule has 6 heteroatoms. The topological polar surface area (TPSA) is 61.2 Å². The lowest BCUT2D eigenvalue weighted by Crippen LogP contribution is -3.12. The summed E-state index contributed by atoms with van der Waals surface area (Å²) < 4.78 is 16.9. The average Bonchev–Trinajstić information content (AvgIpc) is 2.70. The minimum absolute atomic E-state index is 0.0172. The second kappa shape index (κ2) is 10.2. The molecule has 1 aliphatic rings. The van der Waals surface area contributed by atoms with Crippen molar-refractivity contribution in [1.82, 2.24) is 0 Å². The third kappa shape index (κ3) is 5.64. The SMILES string of the molecule is CCOc1ccc(NC(=O)C[NH+]2CCc3cc(OCC)c(OCC)cc3C2)cc1. The van der Waals surface area contributed by atoms with Crippen molar-refractivity contribution in [2.45, 2.75) is 33.7 Å². The van der Waals surface area contributed by atoms with Crippen LogP contribution in [0, 0.1) is 0 Å². The van der Waals surface area contributed by atoms with Crippen LogP contribution < -0.4 is 24.4 Å². The van der Waals surface area contributed by atoms with E-state index in [0.717, 1.165) is 42.4 Å². The standard InChI is InChI=1S/C23H30N2O4/c1-4-27-20-9-7-19(8-10-20)24-23(26)16-25-12-11-17-13-21(28-5-2)22(29-6-3)14-18(17)15-25/h7-10,13-14H,4-6,11-12,15-16H2,1-3H3,(H,24,26)/p+1. The molecule has 29 heavy (non-hydrogen) atoms. The number of quaternary nitrogens is 1. The molecule has 1 amide bonds. The summed E-state index contributed by atoms with van der Waals surface area (Å²) >= 11 is 0. The Bertz CT molecular complexity index is 820. The number of amides is 1. The summed E-state index contributed by atoms with van der Waals surface area (Å²) in [7, 11) is 0. The van der Waals surface area contributed by atoms with Crippen molar-refractivity contribution in [2.75, 3.05) is 38.2 Å². The lowest BCUT2D eigenvalue weighted by atomic mass is 9.98. The summed E-state index contributed by atoms with van der Waals surface area (Å²) in [6.45, 7) is 9.89. The summed E-state index contributed by atoms with van der Waals surface area (Å²) in [5.41, 5.74) is 3.30. The zero-order chi connectivity index (χ0) is 20.6. The molecule has 2 aromatic rings. The Morgan fingerprint density at radius 3 is 2.17 bits per heavy atom. The molecule has 0 saturated carbocycles. The van der Waals surface area contributed by atoms with Crippen molar-refractivity contribution < 1.29 is 23.9 Å². The van der Waals surface area contributed by atoms with E-state index >= 15 is 0 Å². The highest BCUT2D eigenvalue weighted by atomic mass is 16.5. The number of hydrogen-bond donors (Lipinski definition) is 2. The molecular formula is C23H31N2O4+. The molecule has 2 N–H and O–H groups in total. The predicted molar refractivity (Wildman–Crippen MR) is 113 cm³/mol. The van der Waals surface area contributed by atoms with E-state index in [4.69, 9.17) is 14.2 Å². The van der Waals surface area contributed by atoms with Crippen molar-refractivity contribution in [1.29, 1.82) is 0 Å². The molecule has 0 aromatic heterocycles. The first kappa shape index (κ1) is 21.0. The van der Waals surface area contributed by atoms with Crippen LogP contribution in [0.3, 0.4) is 0 Å². The zero-order valence-corrected chi connectivity index (χ0v) is 17.5. The Morgan fingerprint density at radius 2 is 1.55 bits per heavy atom. The Labute approximate surface area is 172 Å². The van der Waals surface area contributed by atoms with Gasteiger partial charge in [0.15, 0.2) is 18.0 Å². The first-order valence-corrected chi connectivity index (χ1v) is 10.4. The van der Waals surface area contributed by atoms with E-state index in [1.165, 1.54) is 16.0 Å². The summed E-state index contributed by atoms with van der Waals surface area (Å²) in [6, 6.07) is 11.7. The minimum Gasteiger partial charge on any atom is -0.494 e.